The van der Waals surface area contributed by atoms with Gasteiger partial charge in [-0.2, -0.15) is 4.39 Å². The van der Waals surface area contributed by atoms with E-state index in [4.69, 9.17) is 0 Å². The van der Waals surface area contributed by atoms with Crippen LogP contribution < -0.4 is 0 Å². The highest BCUT2D eigenvalue weighted by Crippen LogP contribution is 2.34. The van der Waals surface area contributed by atoms with Crippen LogP contribution in [0.4, 0.5) is 8.78 Å². The number of hydrogen-bond acceptors (Lipinski definition) is 2. The quantitative estimate of drug-likeness (QED) is 0.347. The lowest BCUT2D eigenvalue weighted by atomic mass is 9.94. The Bertz CT molecular complexity index is 275. The second kappa shape index (κ2) is 2.66. The van der Waals surface area contributed by atoms with Gasteiger partial charge in [-0.3, -0.25) is 10.1 Å². The molecule has 66 valence electrons. The SMILES string of the molecule is CC1C(F)=CC=CC1(F)[N+](=O)[O-]. The summed E-state index contributed by atoms with van der Waals surface area (Å²) in [5.41, 5.74) is 0. The summed E-state index contributed by atoms with van der Waals surface area (Å²) in [6.07, 6.45) is 2.78. The Morgan fingerprint density at radius 2 is 2.33 bits per heavy atom. The number of allylic oxidation sites excluding steroid dienone is 2. The molecule has 5 heteroatoms. The van der Waals surface area contributed by atoms with E-state index in [0.717, 1.165) is 25.2 Å². The van der Waals surface area contributed by atoms with E-state index in [9.17, 15) is 18.9 Å². The molecule has 0 heterocycles. The molecule has 0 saturated heterocycles. The van der Waals surface area contributed by atoms with E-state index >= 15 is 0 Å². The normalized spacial score (nSPS) is 34.6. The molecule has 0 radical (unpaired) electrons. The molecule has 1 aliphatic rings. The first-order chi connectivity index (χ1) is 5.48. The number of halogens is 2. The minimum atomic E-state index is -2.79. The summed E-state index contributed by atoms with van der Waals surface area (Å²) in [4.78, 5) is 9.09. The van der Waals surface area contributed by atoms with Crippen molar-refractivity contribution in [3.63, 3.8) is 0 Å². The standard InChI is InChI=1S/C7H7F2NO2/c1-5-6(8)3-2-4-7(5,9)10(11)12/h2-5H,1H3. The van der Waals surface area contributed by atoms with E-state index in [0.29, 0.717) is 0 Å². The van der Waals surface area contributed by atoms with Gasteiger partial charge < -0.3 is 0 Å². The van der Waals surface area contributed by atoms with Gasteiger partial charge in [0, 0.05) is 6.08 Å². The number of hydrogen-bond donors (Lipinski definition) is 0. The van der Waals surface area contributed by atoms with Crippen LogP contribution in [0.25, 0.3) is 0 Å². The second-order valence-electron chi connectivity index (χ2n) is 2.62. The molecule has 0 bridgehead atoms. The molecule has 0 spiro atoms. The molecule has 0 aromatic carbocycles. The van der Waals surface area contributed by atoms with E-state index < -0.39 is 22.5 Å². The molecular weight excluding hydrogens is 168 g/mol. The zero-order valence-electron chi connectivity index (χ0n) is 6.33. The fraction of sp³-hybridized carbons (Fsp3) is 0.429. The van der Waals surface area contributed by atoms with Crippen molar-refractivity contribution in [3.05, 3.63) is 34.2 Å². The van der Waals surface area contributed by atoms with Crippen LogP contribution >= 0.6 is 0 Å². The summed E-state index contributed by atoms with van der Waals surface area (Å²) in [7, 11) is 0. The molecule has 0 fully saturated rings. The fourth-order valence-corrected chi connectivity index (χ4v) is 0.976. The number of nitro groups is 1. The molecule has 0 aromatic heterocycles. The first-order valence-corrected chi connectivity index (χ1v) is 3.37. The maximum Gasteiger partial charge on any atom is 0.387 e. The zero-order valence-corrected chi connectivity index (χ0v) is 6.33. The van der Waals surface area contributed by atoms with Crippen molar-refractivity contribution in [2.24, 2.45) is 5.92 Å². The molecule has 3 nitrogen and oxygen atoms in total. The van der Waals surface area contributed by atoms with Gasteiger partial charge >= 0.3 is 5.79 Å². The molecule has 0 aromatic rings. The molecule has 0 saturated carbocycles. The van der Waals surface area contributed by atoms with Crippen molar-refractivity contribution in [1.29, 1.82) is 0 Å². The minimum absolute atomic E-state index is 0.751. The van der Waals surface area contributed by atoms with E-state index in [1.165, 1.54) is 0 Å². The van der Waals surface area contributed by atoms with Gasteiger partial charge in [-0.1, -0.05) is 6.08 Å². The van der Waals surface area contributed by atoms with Crippen molar-refractivity contribution in [3.8, 4) is 0 Å². The van der Waals surface area contributed by atoms with Gasteiger partial charge in [0.05, 0.1) is 4.92 Å². The summed E-state index contributed by atoms with van der Waals surface area (Å²) in [5, 5.41) is 10.2. The van der Waals surface area contributed by atoms with Gasteiger partial charge in [-0.15, -0.1) is 0 Å². The lowest BCUT2D eigenvalue weighted by Crippen LogP contribution is -2.39. The molecule has 0 N–H and O–H groups in total. The second-order valence-corrected chi connectivity index (χ2v) is 2.62. The predicted molar refractivity (Wildman–Crippen MR) is 38.3 cm³/mol. The molecule has 1 rings (SSSR count). The first kappa shape index (κ1) is 8.83. The Labute approximate surface area is 67.5 Å². The minimum Gasteiger partial charge on any atom is -0.261 e. The summed E-state index contributed by atoms with van der Waals surface area (Å²) in [6, 6.07) is 0. The number of rotatable bonds is 1. The summed E-state index contributed by atoms with van der Waals surface area (Å²) in [6.45, 7) is 1.14. The van der Waals surface area contributed by atoms with Crippen LogP contribution in [0.3, 0.4) is 0 Å². The average molecular weight is 175 g/mol. The van der Waals surface area contributed by atoms with Gasteiger partial charge in [-0.05, 0) is 13.0 Å². The first-order valence-electron chi connectivity index (χ1n) is 3.37. The van der Waals surface area contributed by atoms with Crippen molar-refractivity contribution in [2.45, 2.75) is 12.7 Å². The third kappa shape index (κ3) is 1.11. The van der Waals surface area contributed by atoms with Crippen LogP contribution in [-0.2, 0) is 0 Å². The third-order valence-electron chi connectivity index (χ3n) is 1.89. The van der Waals surface area contributed by atoms with Crippen LogP contribution in [-0.4, -0.2) is 10.7 Å². The summed E-state index contributed by atoms with van der Waals surface area (Å²) < 4.78 is 26.0. The molecule has 12 heavy (non-hydrogen) atoms. The summed E-state index contributed by atoms with van der Waals surface area (Å²) in [5.74, 6) is -4.95. The number of nitrogens with zero attached hydrogens (tertiary/aromatic N) is 1. The molecule has 0 aliphatic heterocycles. The molecule has 2 atom stereocenters. The van der Waals surface area contributed by atoms with Gasteiger partial charge in [0.15, 0.2) is 0 Å². The maximum atomic E-state index is 13.3. The fourth-order valence-electron chi connectivity index (χ4n) is 0.976. The number of alkyl halides is 1. The average Bonchev–Trinajstić information content (AvgIpc) is 2.00. The summed E-state index contributed by atoms with van der Waals surface area (Å²) >= 11 is 0. The van der Waals surface area contributed by atoms with Gasteiger partial charge in [-0.25, -0.2) is 4.39 Å². The van der Waals surface area contributed by atoms with E-state index in [1.54, 1.807) is 0 Å². The molecular formula is C7H7F2NO2. The third-order valence-corrected chi connectivity index (χ3v) is 1.89. The highest BCUT2D eigenvalue weighted by Gasteiger charge is 2.49. The maximum absolute atomic E-state index is 13.3. The van der Waals surface area contributed by atoms with Crippen LogP contribution in [0, 0.1) is 16.0 Å². The van der Waals surface area contributed by atoms with Crippen molar-refractivity contribution < 1.29 is 13.7 Å². The van der Waals surface area contributed by atoms with Crippen molar-refractivity contribution in [2.75, 3.05) is 0 Å². The Hall–Kier alpha value is -1.26. The lowest BCUT2D eigenvalue weighted by molar-refractivity contribution is -0.598. The Kier molecular flexibility index (Phi) is 1.95. The Balaban J connectivity index is 3.03. The lowest BCUT2D eigenvalue weighted by Gasteiger charge is -2.20. The zero-order chi connectivity index (χ0) is 9.35. The van der Waals surface area contributed by atoms with Crippen molar-refractivity contribution >= 4 is 0 Å². The molecule has 1 aliphatic carbocycles. The smallest absolute Gasteiger partial charge is 0.261 e. The molecule has 2 unspecified atom stereocenters. The topological polar surface area (TPSA) is 43.1 Å². The van der Waals surface area contributed by atoms with Crippen LogP contribution in [0.5, 0.6) is 0 Å². The van der Waals surface area contributed by atoms with Crippen LogP contribution in [0.15, 0.2) is 24.1 Å². The van der Waals surface area contributed by atoms with Gasteiger partial charge in [0.1, 0.15) is 11.7 Å². The Morgan fingerprint density at radius 1 is 1.75 bits per heavy atom. The van der Waals surface area contributed by atoms with E-state index in [1.807, 2.05) is 0 Å². The highest BCUT2D eigenvalue weighted by molar-refractivity contribution is 5.21. The van der Waals surface area contributed by atoms with E-state index in [-0.39, 0.29) is 0 Å². The monoisotopic (exact) mass is 175 g/mol. The van der Waals surface area contributed by atoms with Crippen LogP contribution in [0.1, 0.15) is 6.92 Å². The van der Waals surface area contributed by atoms with Crippen LogP contribution in [0.2, 0.25) is 0 Å². The van der Waals surface area contributed by atoms with Gasteiger partial charge in [0.2, 0.25) is 0 Å². The molecule has 0 amide bonds. The largest absolute Gasteiger partial charge is 0.387 e. The Morgan fingerprint density at radius 3 is 2.75 bits per heavy atom. The van der Waals surface area contributed by atoms with Gasteiger partial charge in [0.25, 0.3) is 0 Å². The van der Waals surface area contributed by atoms with Crippen molar-refractivity contribution in [1.82, 2.24) is 0 Å². The highest BCUT2D eigenvalue weighted by atomic mass is 19.2. The van der Waals surface area contributed by atoms with E-state index in [2.05, 4.69) is 0 Å². The predicted octanol–water partition coefficient (Wildman–Crippen LogP) is 1.99.